The van der Waals surface area contributed by atoms with Crippen molar-refractivity contribution in [2.75, 3.05) is 7.11 Å². The molecule has 0 bridgehead atoms. The third-order valence-corrected chi connectivity index (χ3v) is 2.40. The lowest BCUT2D eigenvalue weighted by molar-refractivity contribution is 0.407. The highest BCUT2D eigenvalue weighted by molar-refractivity contribution is 9.10. The minimum absolute atomic E-state index is 0.221. The molecule has 0 aliphatic heterocycles. The topological polar surface area (TPSA) is 58.0 Å². The molecule has 0 N–H and O–H groups in total. The lowest BCUT2D eigenvalue weighted by atomic mass is 10.2. The largest absolute Gasteiger partial charge is 0.495 e. The summed E-state index contributed by atoms with van der Waals surface area (Å²) in [4.78, 5) is 2.68. The van der Waals surface area contributed by atoms with Crippen molar-refractivity contribution in [1.29, 1.82) is 0 Å². The Morgan fingerprint density at radius 1 is 1.64 bits per heavy atom. The van der Waals surface area contributed by atoms with Crippen LogP contribution in [0.2, 0.25) is 5.02 Å². The first-order valence-electron chi connectivity index (χ1n) is 3.71. The fourth-order valence-corrected chi connectivity index (χ4v) is 2.10. The van der Waals surface area contributed by atoms with Crippen molar-refractivity contribution < 1.29 is 4.74 Å². The van der Waals surface area contributed by atoms with Crippen LogP contribution in [0.5, 0.6) is 5.75 Å². The number of hydrogen-bond donors (Lipinski definition) is 0. The van der Waals surface area contributed by atoms with Gasteiger partial charge in [-0.15, -0.1) is 0 Å². The monoisotopic (exact) mass is 275 g/mol. The van der Waals surface area contributed by atoms with Gasteiger partial charge in [-0.3, -0.25) is 0 Å². The standard InChI is InChI=1S/C8H7BrClN3O/c1-14-8-5(4-12-13-11)2-6(10)3-7(8)9/h2-3H,4H2,1H3. The van der Waals surface area contributed by atoms with Crippen LogP contribution in [0, 0.1) is 0 Å². The summed E-state index contributed by atoms with van der Waals surface area (Å²) < 4.78 is 5.89. The first kappa shape index (κ1) is 11.2. The summed E-state index contributed by atoms with van der Waals surface area (Å²) in [5, 5.41) is 4.02. The zero-order valence-electron chi connectivity index (χ0n) is 7.37. The molecule has 0 aromatic heterocycles. The second kappa shape index (κ2) is 5.10. The van der Waals surface area contributed by atoms with E-state index in [2.05, 4.69) is 26.0 Å². The second-order valence-corrected chi connectivity index (χ2v) is 3.76. The number of nitrogens with zero attached hydrogens (tertiary/aromatic N) is 3. The molecule has 0 amide bonds. The Labute approximate surface area is 94.6 Å². The molecule has 1 rings (SSSR count). The van der Waals surface area contributed by atoms with E-state index in [0.29, 0.717) is 10.8 Å². The van der Waals surface area contributed by atoms with Crippen molar-refractivity contribution in [3.05, 3.63) is 37.6 Å². The molecule has 4 nitrogen and oxygen atoms in total. The van der Waals surface area contributed by atoms with E-state index in [1.807, 2.05) is 0 Å². The number of ether oxygens (including phenoxy) is 1. The molecule has 0 aliphatic carbocycles. The number of halogens is 2. The predicted molar refractivity (Wildman–Crippen MR) is 58.6 cm³/mol. The summed E-state index contributed by atoms with van der Waals surface area (Å²) in [5.74, 6) is 0.641. The number of rotatable bonds is 3. The Bertz CT molecular complexity index is 390. The van der Waals surface area contributed by atoms with Gasteiger partial charge in [-0.05, 0) is 33.6 Å². The van der Waals surface area contributed by atoms with Crippen molar-refractivity contribution in [3.8, 4) is 5.75 Å². The zero-order valence-corrected chi connectivity index (χ0v) is 9.71. The molecule has 0 saturated carbocycles. The minimum atomic E-state index is 0.221. The summed E-state index contributed by atoms with van der Waals surface area (Å²) >= 11 is 9.14. The lowest BCUT2D eigenvalue weighted by Crippen LogP contribution is -1.91. The molecular weight excluding hydrogens is 269 g/mol. The maximum atomic E-state index is 8.20. The maximum Gasteiger partial charge on any atom is 0.136 e. The maximum absolute atomic E-state index is 8.20. The van der Waals surface area contributed by atoms with Crippen molar-refractivity contribution in [1.82, 2.24) is 0 Å². The molecular formula is C8H7BrClN3O. The van der Waals surface area contributed by atoms with E-state index in [1.54, 1.807) is 19.2 Å². The summed E-state index contributed by atoms with van der Waals surface area (Å²) in [6, 6.07) is 3.43. The van der Waals surface area contributed by atoms with Crippen LogP contribution in [-0.4, -0.2) is 7.11 Å². The predicted octanol–water partition coefficient (Wildman–Crippen LogP) is 3.92. The Balaban J connectivity index is 3.17. The van der Waals surface area contributed by atoms with Gasteiger partial charge in [0, 0.05) is 15.5 Å². The van der Waals surface area contributed by atoms with E-state index >= 15 is 0 Å². The molecule has 0 spiro atoms. The van der Waals surface area contributed by atoms with Crippen molar-refractivity contribution in [2.24, 2.45) is 5.11 Å². The van der Waals surface area contributed by atoms with Gasteiger partial charge in [0.2, 0.25) is 0 Å². The Kier molecular flexibility index (Phi) is 4.07. The highest BCUT2D eigenvalue weighted by Crippen LogP contribution is 2.32. The number of benzene rings is 1. The van der Waals surface area contributed by atoms with Crippen LogP contribution < -0.4 is 4.74 Å². The molecule has 0 aliphatic rings. The fourth-order valence-electron chi connectivity index (χ4n) is 1.07. The average molecular weight is 277 g/mol. The Morgan fingerprint density at radius 2 is 2.36 bits per heavy atom. The van der Waals surface area contributed by atoms with Gasteiger partial charge in [0.15, 0.2) is 0 Å². The third-order valence-electron chi connectivity index (χ3n) is 1.59. The summed E-state index contributed by atoms with van der Waals surface area (Å²) in [6.45, 7) is 0.221. The highest BCUT2D eigenvalue weighted by atomic mass is 79.9. The van der Waals surface area contributed by atoms with Gasteiger partial charge < -0.3 is 4.74 Å². The fraction of sp³-hybridized carbons (Fsp3) is 0.250. The summed E-state index contributed by atoms with van der Waals surface area (Å²) in [5.41, 5.74) is 8.96. The summed E-state index contributed by atoms with van der Waals surface area (Å²) in [6.07, 6.45) is 0. The first-order valence-corrected chi connectivity index (χ1v) is 4.89. The molecule has 14 heavy (non-hydrogen) atoms. The van der Waals surface area contributed by atoms with Crippen LogP contribution in [0.3, 0.4) is 0 Å². The van der Waals surface area contributed by atoms with Gasteiger partial charge in [-0.1, -0.05) is 16.7 Å². The van der Waals surface area contributed by atoms with E-state index in [-0.39, 0.29) is 6.54 Å². The Hall–Kier alpha value is -0.900. The molecule has 0 saturated heterocycles. The number of azide groups is 1. The van der Waals surface area contributed by atoms with Gasteiger partial charge in [-0.25, -0.2) is 0 Å². The lowest BCUT2D eigenvalue weighted by Gasteiger charge is -2.08. The van der Waals surface area contributed by atoms with Crippen LogP contribution in [0.15, 0.2) is 21.7 Å². The minimum Gasteiger partial charge on any atom is -0.495 e. The normalized spacial score (nSPS) is 9.36. The van der Waals surface area contributed by atoms with Crippen LogP contribution in [-0.2, 0) is 6.54 Å². The molecule has 1 aromatic carbocycles. The van der Waals surface area contributed by atoms with Crippen molar-refractivity contribution >= 4 is 27.5 Å². The van der Waals surface area contributed by atoms with E-state index < -0.39 is 0 Å². The van der Waals surface area contributed by atoms with Gasteiger partial charge in [0.25, 0.3) is 0 Å². The van der Waals surface area contributed by atoms with Crippen LogP contribution in [0.1, 0.15) is 5.56 Å². The van der Waals surface area contributed by atoms with E-state index in [4.69, 9.17) is 21.9 Å². The number of methoxy groups -OCH3 is 1. The summed E-state index contributed by atoms with van der Waals surface area (Å²) in [7, 11) is 1.55. The third kappa shape index (κ3) is 2.54. The second-order valence-electron chi connectivity index (χ2n) is 2.47. The molecule has 74 valence electrons. The Morgan fingerprint density at radius 3 is 2.93 bits per heavy atom. The van der Waals surface area contributed by atoms with Gasteiger partial charge in [0.1, 0.15) is 5.75 Å². The molecule has 0 atom stereocenters. The van der Waals surface area contributed by atoms with Gasteiger partial charge in [0.05, 0.1) is 18.1 Å². The van der Waals surface area contributed by atoms with Crippen LogP contribution in [0.4, 0.5) is 0 Å². The highest BCUT2D eigenvalue weighted by Gasteiger charge is 2.08. The zero-order chi connectivity index (χ0) is 10.6. The molecule has 0 fully saturated rings. The molecule has 6 heteroatoms. The molecule has 1 aromatic rings. The van der Waals surface area contributed by atoms with E-state index in [9.17, 15) is 0 Å². The van der Waals surface area contributed by atoms with Gasteiger partial charge in [-0.2, -0.15) is 0 Å². The van der Waals surface area contributed by atoms with Crippen molar-refractivity contribution in [3.63, 3.8) is 0 Å². The smallest absolute Gasteiger partial charge is 0.136 e. The van der Waals surface area contributed by atoms with Crippen LogP contribution >= 0.6 is 27.5 Å². The molecule has 0 unspecified atom stereocenters. The van der Waals surface area contributed by atoms with Crippen LogP contribution in [0.25, 0.3) is 10.4 Å². The number of hydrogen-bond acceptors (Lipinski definition) is 2. The quantitative estimate of drug-likeness (QED) is 0.469. The average Bonchev–Trinajstić information content (AvgIpc) is 2.14. The van der Waals surface area contributed by atoms with Crippen molar-refractivity contribution in [2.45, 2.75) is 6.54 Å². The van der Waals surface area contributed by atoms with E-state index in [1.165, 1.54) is 0 Å². The SMILES string of the molecule is COc1c(Br)cc(Cl)cc1CN=[N+]=[N-]. The van der Waals surface area contributed by atoms with E-state index in [0.717, 1.165) is 10.0 Å². The van der Waals surface area contributed by atoms with Gasteiger partial charge >= 0.3 is 0 Å². The molecule has 0 radical (unpaired) electrons. The first-order chi connectivity index (χ1) is 6.69. The molecule has 0 heterocycles.